The summed E-state index contributed by atoms with van der Waals surface area (Å²) in [5.74, 6) is 0.305. The number of benzene rings is 1. The van der Waals surface area contributed by atoms with Gasteiger partial charge < -0.3 is 14.6 Å². The summed E-state index contributed by atoms with van der Waals surface area (Å²) in [6, 6.07) is 4.82. The number of hydrogen-bond donors (Lipinski definition) is 1. The number of ether oxygens (including phenoxy) is 2. The van der Waals surface area contributed by atoms with E-state index in [1.807, 2.05) is 0 Å². The lowest BCUT2D eigenvalue weighted by molar-refractivity contribution is -0.132. The predicted molar refractivity (Wildman–Crippen MR) is 59.5 cm³/mol. The standard InChI is InChI=1S/C12H14O4/c1-4-10(14)9-5-6-11(16-8(2)13)12(7-9)15-3/h4-7,10,14H,1H2,2-3H3/t10-/m0/s1. The Morgan fingerprint density at radius 2 is 2.19 bits per heavy atom. The maximum absolute atomic E-state index is 10.8. The Labute approximate surface area is 94.1 Å². The summed E-state index contributed by atoms with van der Waals surface area (Å²) in [4.78, 5) is 10.8. The van der Waals surface area contributed by atoms with Crippen molar-refractivity contribution in [3.63, 3.8) is 0 Å². The van der Waals surface area contributed by atoms with Crippen LogP contribution in [0.3, 0.4) is 0 Å². The van der Waals surface area contributed by atoms with Gasteiger partial charge in [-0.1, -0.05) is 12.1 Å². The van der Waals surface area contributed by atoms with E-state index in [-0.39, 0.29) is 0 Å². The van der Waals surface area contributed by atoms with Gasteiger partial charge in [0.05, 0.1) is 13.2 Å². The van der Waals surface area contributed by atoms with Gasteiger partial charge in [0.15, 0.2) is 11.5 Å². The first-order valence-corrected chi connectivity index (χ1v) is 4.75. The number of carbonyl (C=O) groups is 1. The average Bonchev–Trinajstić information content (AvgIpc) is 2.27. The van der Waals surface area contributed by atoms with Gasteiger partial charge in [-0.25, -0.2) is 0 Å². The second-order valence-corrected chi connectivity index (χ2v) is 3.18. The molecule has 0 bridgehead atoms. The zero-order chi connectivity index (χ0) is 12.1. The molecular weight excluding hydrogens is 208 g/mol. The van der Waals surface area contributed by atoms with Gasteiger partial charge in [-0.05, 0) is 17.7 Å². The Balaban J connectivity index is 3.05. The van der Waals surface area contributed by atoms with E-state index in [0.717, 1.165) is 0 Å². The molecule has 1 aromatic carbocycles. The van der Waals surface area contributed by atoms with E-state index in [9.17, 15) is 9.90 Å². The molecule has 0 aliphatic rings. The molecule has 0 aliphatic carbocycles. The molecule has 4 nitrogen and oxygen atoms in total. The normalized spacial score (nSPS) is 11.7. The van der Waals surface area contributed by atoms with Crippen molar-refractivity contribution >= 4 is 5.97 Å². The SMILES string of the molecule is C=C[C@H](O)c1ccc(OC(C)=O)c(OC)c1. The van der Waals surface area contributed by atoms with Crippen molar-refractivity contribution < 1.29 is 19.4 Å². The van der Waals surface area contributed by atoms with E-state index < -0.39 is 12.1 Å². The third-order valence-corrected chi connectivity index (χ3v) is 2.01. The summed E-state index contributed by atoms with van der Waals surface area (Å²) in [5.41, 5.74) is 0.628. The van der Waals surface area contributed by atoms with E-state index in [2.05, 4.69) is 6.58 Å². The molecule has 0 unspecified atom stereocenters. The van der Waals surface area contributed by atoms with Gasteiger partial charge in [-0.3, -0.25) is 4.79 Å². The molecule has 16 heavy (non-hydrogen) atoms. The molecule has 0 aromatic heterocycles. The number of hydrogen-bond acceptors (Lipinski definition) is 4. The van der Waals surface area contributed by atoms with Crippen LogP contribution in [0.2, 0.25) is 0 Å². The first kappa shape index (κ1) is 12.3. The summed E-state index contributed by atoms with van der Waals surface area (Å²) in [7, 11) is 1.46. The van der Waals surface area contributed by atoms with E-state index >= 15 is 0 Å². The fourth-order valence-corrected chi connectivity index (χ4v) is 1.24. The lowest BCUT2D eigenvalue weighted by Gasteiger charge is -2.11. The Bertz CT molecular complexity index is 398. The smallest absolute Gasteiger partial charge is 0.308 e. The van der Waals surface area contributed by atoms with Crippen LogP contribution >= 0.6 is 0 Å². The zero-order valence-corrected chi connectivity index (χ0v) is 9.27. The van der Waals surface area contributed by atoms with Crippen LogP contribution in [0, 0.1) is 0 Å². The highest BCUT2D eigenvalue weighted by molar-refractivity contribution is 5.70. The van der Waals surface area contributed by atoms with Gasteiger partial charge in [0.1, 0.15) is 0 Å². The minimum absolute atomic E-state index is 0.329. The van der Waals surface area contributed by atoms with E-state index in [0.29, 0.717) is 17.1 Å². The fourth-order valence-electron chi connectivity index (χ4n) is 1.24. The van der Waals surface area contributed by atoms with Gasteiger partial charge in [0.25, 0.3) is 0 Å². The molecule has 0 saturated heterocycles. The third-order valence-electron chi connectivity index (χ3n) is 2.01. The van der Waals surface area contributed by atoms with Crippen LogP contribution in [-0.4, -0.2) is 18.2 Å². The lowest BCUT2D eigenvalue weighted by atomic mass is 10.1. The highest BCUT2D eigenvalue weighted by Crippen LogP contribution is 2.30. The number of esters is 1. The summed E-state index contributed by atoms with van der Waals surface area (Å²) in [5, 5.41) is 9.54. The fraction of sp³-hybridized carbons (Fsp3) is 0.250. The third kappa shape index (κ3) is 2.84. The second-order valence-electron chi connectivity index (χ2n) is 3.18. The van der Waals surface area contributed by atoms with E-state index in [1.54, 1.807) is 18.2 Å². The van der Waals surface area contributed by atoms with Crippen molar-refractivity contribution in [3.05, 3.63) is 36.4 Å². The van der Waals surface area contributed by atoms with Crippen molar-refractivity contribution in [2.45, 2.75) is 13.0 Å². The Morgan fingerprint density at radius 3 is 2.69 bits per heavy atom. The van der Waals surface area contributed by atoms with Crippen molar-refractivity contribution in [3.8, 4) is 11.5 Å². The van der Waals surface area contributed by atoms with E-state index in [1.165, 1.54) is 20.1 Å². The largest absolute Gasteiger partial charge is 0.493 e. The molecule has 0 spiro atoms. The number of rotatable bonds is 4. The average molecular weight is 222 g/mol. The highest BCUT2D eigenvalue weighted by Gasteiger charge is 2.10. The summed E-state index contributed by atoms with van der Waals surface area (Å²) < 4.78 is 9.99. The monoisotopic (exact) mass is 222 g/mol. The van der Waals surface area contributed by atoms with Gasteiger partial charge >= 0.3 is 5.97 Å². The van der Waals surface area contributed by atoms with Crippen LogP contribution in [0.5, 0.6) is 11.5 Å². The minimum Gasteiger partial charge on any atom is -0.493 e. The Hall–Kier alpha value is -1.81. The summed E-state index contributed by atoms with van der Waals surface area (Å²) >= 11 is 0. The van der Waals surface area contributed by atoms with E-state index in [4.69, 9.17) is 9.47 Å². The maximum atomic E-state index is 10.8. The quantitative estimate of drug-likeness (QED) is 0.480. The molecule has 0 fully saturated rings. The van der Waals surface area contributed by atoms with Crippen LogP contribution in [0.4, 0.5) is 0 Å². The molecule has 0 saturated carbocycles. The first-order valence-electron chi connectivity index (χ1n) is 4.75. The molecule has 0 amide bonds. The van der Waals surface area contributed by atoms with Crippen LogP contribution in [0.1, 0.15) is 18.6 Å². The van der Waals surface area contributed by atoms with Gasteiger partial charge in [0.2, 0.25) is 0 Å². The van der Waals surface area contributed by atoms with Crippen molar-refractivity contribution in [2.24, 2.45) is 0 Å². The van der Waals surface area contributed by atoms with Crippen LogP contribution in [0.15, 0.2) is 30.9 Å². The molecule has 1 rings (SSSR count). The number of carbonyl (C=O) groups excluding carboxylic acids is 1. The molecule has 0 heterocycles. The van der Waals surface area contributed by atoms with Gasteiger partial charge in [-0.2, -0.15) is 0 Å². The van der Waals surface area contributed by atoms with Gasteiger partial charge in [-0.15, -0.1) is 6.58 Å². The lowest BCUT2D eigenvalue weighted by Crippen LogP contribution is -2.04. The molecule has 1 aromatic rings. The van der Waals surface area contributed by atoms with Crippen LogP contribution < -0.4 is 9.47 Å². The van der Waals surface area contributed by atoms with Crippen molar-refractivity contribution in [1.82, 2.24) is 0 Å². The van der Waals surface area contributed by atoms with Crippen molar-refractivity contribution in [2.75, 3.05) is 7.11 Å². The van der Waals surface area contributed by atoms with Gasteiger partial charge in [0, 0.05) is 6.92 Å². The molecular formula is C12H14O4. The number of aliphatic hydroxyl groups is 1. The van der Waals surface area contributed by atoms with Crippen LogP contribution in [-0.2, 0) is 4.79 Å². The molecule has 4 heteroatoms. The number of methoxy groups -OCH3 is 1. The zero-order valence-electron chi connectivity index (χ0n) is 9.27. The van der Waals surface area contributed by atoms with Crippen molar-refractivity contribution in [1.29, 1.82) is 0 Å². The molecule has 86 valence electrons. The topological polar surface area (TPSA) is 55.8 Å². The Kier molecular flexibility index (Phi) is 4.08. The molecule has 1 atom stereocenters. The second kappa shape index (κ2) is 5.32. The molecule has 0 aliphatic heterocycles. The minimum atomic E-state index is -0.764. The predicted octanol–water partition coefficient (Wildman–Crippen LogP) is 1.84. The highest BCUT2D eigenvalue weighted by atomic mass is 16.6. The summed E-state index contributed by atoms with van der Waals surface area (Å²) in [6.45, 7) is 4.80. The first-order chi connectivity index (χ1) is 7.58. The Morgan fingerprint density at radius 1 is 1.50 bits per heavy atom. The molecule has 0 radical (unpaired) electrons. The summed E-state index contributed by atoms with van der Waals surface area (Å²) in [6.07, 6.45) is 0.639. The molecule has 1 N–H and O–H groups in total. The number of aliphatic hydroxyl groups excluding tert-OH is 1. The van der Waals surface area contributed by atoms with Crippen LogP contribution in [0.25, 0.3) is 0 Å². The maximum Gasteiger partial charge on any atom is 0.308 e.